The van der Waals surface area contributed by atoms with E-state index in [1.807, 2.05) is 85.2 Å². The van der Waals surface area contributed by atoms with Gasteiger partial charge in [0.2, 0.25) is 0 Å². The van der Waals surface area contributed by atoms with E-state index in [0.717, 1.165) is 77.0 Å². The van der Waals surface area contributed by atoms with Gasteiger partial charge in [-0.3, -0.25) is 19.9 Å². The first-order chi connectivity index (χ1) is 26.1. The Hall–Kier alpha value is -7.32. The zero-order valence-electron chi connectivity index (χ0n) is 28.0. The summed E-state index contributed by atoms with van der Waals surface area (Å²) in [6.07, 6.45) is 7.36. The number of halogens is 1. The molecule has 0 bridgehead atoms. The molecule has 0 aliphatic heterocycles. The highest BCUT2D eigenvalue weighted by Gasteiger charge is 2.14. The van der Waals surface area contributed by atoms with Gasteiger partial charge in [-0.15, -0.1) is 0 Å². The summed E-state index contributed by atoms with van der Waals surface area (Å²) in [4.78, 5) is 33.3. The smallest absolute Gasteiger partial charge is 0.164 e. The maximum Gasteiger partial charge on any atom is 0.164 e. The zero-order valence-corrected chi connectivity index (χ0v) is 28.0. The predicted molar refractivity (Wildman–Crippen MR) is 208 cm³/mol. The van der Waals surface area contributed by atoms with Crippen LogP contribution in [0.4, 0.5) is 4.39 Å². The first kappa shape index (κ1) is 30.5. The Kier molecular flexibility index (Phi) is 7.18. The fourth-order valence-electron chi connectivity index (χ4n) is 6.77. The normalized spacial score (nSPS) is 11.5. The molecule has 0 aliphatic carbocycles. The molecule has 0 radical (unpaired) electrons. The summed E-state index contributed by atoms with van der Waals surface area (Å²) in [7, 11) is 0. The van der Waals surface area contributed by atoms with Crippen LogP contribution in [0.2, 0.25) is 0 Å². The van der Waals surface area contributed by atoms with E-state index in [1.54, 1.807) is 24.5 Å². The van der Waals surface area contributed by atoms with Crippen LogP contribution in [0.25, 0.3) is 100 Å². The van der Waals surface area contributed by atoms with Crippen molar-refractivity contribution < 1.29 is 4.39 Å². The van der Waals surface area contributed by atoms with Gasteiger partial charge in [0, 0.05) is 74.1 Å². The summed E-state index contributed by atoms with van der Waals surface area (Å²) in [5.74, 6) is 1.16. The fourth-order valence-corrected chi connectivity index (χ4v) is 6.77. The number of fused-ring (bicyclic) bond motifs is 6. The largest absolute Gasteiger partial charge is 0.254 e. The Balaban J connectivity index is 0.998. The maximum atomic E-state index is 13.9. The molecule has 0 unspecified atom stereocenters. The van der Waals surface area contributed by atoms with Crippen LogP contribution in [-0.2, 0) is 0 Å². The van der Waals surface area contributed by atoms with E-state index < -0.39 is 0 Å². The third-order valence-electron chi connectivity index (χ3n) is 9.54. The molecule has 7 nitrogen and oxygen atoms in total. The predicted octanol–water partition coefficient (Wildman–Crippen LogP) is 10.5. The van der Waals surface area contributed by atoms with Crippen molar-refractivity contribution in [1.82, 2.24) is 34.9 Å². The molecule has 8 heteroatoms. The average Bonchev–Trinajstić information content (AvgIpc) is 3.23. The Bertz CT molecular complexity index is 2820. The Morgan fingerprint density at radius 3 is 1.11 bits per heavy atom. The van der Waals surface area contributed by atoms with E-state index in [0.29, 0.717) is 23.0 Å². The molecular formula is C45H26FN7. The molecule has 0 fully saturated rings. The van der Waals surface area contributed by atoms with Crippen molar-refractivity contribution in [2.24, 2.45) is 0 Å². The van der Waals surface area contributed by atoms with Crippen molar-refractivity contribution in [3.63, 3.8) is 0 Å². The van der Waals surface area contributed by atoms with Crippen LogP contribution in [0.3, 0.4) is 0 Å². The van der Waals surface area contributed by atoms with Crippen molar-refractivity contribution in [2.75, 3.05) is 0 Å². The number of pyridine rings is 4. The standard InChI is InChI=1S/C45H26FN7/c46-38-19-17-33(18-20-38)45-52-43(31-11-5-27(6-12-31)36-23-34-15-9-29-3-1-21-47-39(29)41(34)49-25-36)51-44(53-45)32-13-7-28(8-14-32)37-24-35-16-10-30-4-2-22-48-40(30)42(35)50-26-37/h1-26H. The van der Waals surface area contributed by atoms with E-state index >= 15 is 0 Å². The van der Waals surface area contributed by atoms with Crippen molar-refractivity contribution >= 4 is 43.6 Å². The molecule has 0 spiro atoms. The fraction of sp³-hybridized carbons (Fsp3) is 0. The first-order valence-electron chi connectivity index (χ1n) is 17.1. The summed E-state index contributed by atoms with van der Waals surface area (Å²) in [6.45, 7) is 0. The van der Waals surface area contributed by atoms with E-state index in [4.69, 9.17) is 24.9 Å². The van der Waals surface area contributed by atoms with E-state index in [2.05, 4.69) is 46.4 Å². The highest BCUT2D eigenvalue weighted by molar-refractivity contribution is 6.04. The lowest BCUT2D eigenvalue weighted by Crippen LogP contribution is -2.00. The van der Waals surface area contributed by atoms with Crippen LogP contribution >= 0.6 is 0 Å². The highest BCUT2D eigenvalue weighted by Crippen LogP contribution is 2.32. The van der Waals surface area contributed by atoms with Gasteiger partial charge >= 0.3 is 0 Å². The lowest BCUT2D eigenvalue weighted by Gasteiger charge is -2.10. The number of hydrogen-bond donors (Lipinski definition) is 0. The minimum absolute atomic E-state index is 0.324. The molecule has 0 saturated heterocycles. The molecule has 10 aromatic rings. The van der Waals surface area contributed by atoms with Gasteiger partial charge in [0.05, 0.1) is 22.1 Å². The molecule has 0 atom stereocenters. The molecule has 0 amide bonds. The monoisotopic (exact) mass is 683 g/mol. The van der Waals surface area contributed by atoms with Crippen LogP contribution in [0.5, 0.6) is 0 Å². The molecule has 5 aromatic carbocycles. The number of nitrogens with zero attached hydrogens (tertiary/aromatic N) is 7. The van der Waals surface area contributed by atoms with Gasteiger partial charge in [-0.1, -0.05) is 84.9 Å². The summed E-state index contributed by atoms with van der Waals surface area (Å²) in [5, 5.41) is 4.17. The van der Waals surface area contributed by atoms with E-state index in [1.165, 1.54) is 12.1 Å². The van der Waals surface area contributed by atoms with Crippen molar-refractivity contribution in [2.45, 2.75) is 0 Å². The SMILES string of the molecule is Fc1ccc(-c2nc(-c3ccc(-c4cnc5c(ccc6cccnc65)c4)cc3)nc(-c3ccc(-c4cnc5c(ccc6cccnc65)c4)cc3)n2)cc1. The Labute approximate surface area is 302 Å². The second-order valence-electron chi connectivity index (χ2n) is 12.8. The van der Waals surface area contributed by atoms with E-state index in [-0.39, 0.29) is 5.82 Å². The number of rotatable bonds is 5. The second kappa shape index (κ2) is 12.5. The van der Waals surface area contributed by atoms with Crippen LogP contribution in [0, 0.1) is 5.82 Å². The van der Waals surface area contributed by atoms with Crippen molar-refractivity contribution in [3.8, 4) is 56.4 Å². The Morgan fingerprint density at radius 2 is 0.679 bits per heavy atom. The third-order valence-corrected chi connectivity index (χ3v) is 9.54. The van der Waals surface area contributed by atoms with Gasteiger partial charge < -0.3 is 0 Å². The van der Waals surface area contributed by atoms with Crippen LogP contribution in [-0.4, -0.2) is 34.9 Å². The third kappa shape index (κ3) is 5.59. The minimum atomic E-state index is -0.324. The highest BCUT2D eigenvalue weighted by atomic mass is 19.1. The van der Waals surface area contributed by atoms with Crippen molar-refractivity contribution in [3.05, 3.63) is 164 Å². The number of hydrogen-bond acceptors (Lipinski definition) is 7. The van der Waals surface area contributed by atoms with E-state index in [9.17, 15) is 4.39 Å². The molecule has 10 rings (SSSR count). The summed E-state index contributed by atoms with van der Waals surface area (Å²) in [5.41, 5.74) is 9.90. The van der Waals surface area contributed by atoms with Gasteiger partial charge in [-0.25, -0.2) is 19.3 Å². The molecule has 5 aromatic heterocycles. The van der Waals surface area contributed by atoms with Crippen LogP contribution in [0.1, 0.15) is 0 Å². The minimum Gasteiger partial charge on any atom is -0.254 e. The first-order valence-corrected chi connectivity index (χ1v) is 17.1. The molecule has 248 valence electrons. The van der Waals surface area contributed by atoms with Crippen LogP contribution in [0.15, 0.2) is 158 Å². The second-order valence-corrected chi connectivity index (χ2v) is 12.8. The maximum absolute atomic E-state index is 13.9. The average molecular weight is 684 g/mol. The number of benzene rings is 5. The number of aromatic nitrogens is 7. The summed E-state index contributed by atoms with van der Waals surface area (Å²) < 4.78 is 13.9. The molecule has 5 heterocycles. The van der Waals surface area contributed by atoms with Gasteiger partial charge in [-0.2, -0.15) is 0 Å². The molecule has 53 heavy (non-hydrogen) atoms. The summed E-state index contributed by atoms with van der Waals surface area (Å²) >= 11 is 0. The lowest BCUT2D eigenvalue weighted by molar-refractivity contribution is 0.628. The van der Waals surface area contributed by atoms with Crippen molar-refractivity contribution in [1.29, 1.82) is 0 Å². The van der Waals surface area contributed by atoms with Gasteiger partial charge in [0.15, 0.2) is 17.5 Å². The van der Waals surface area contributed by atoms with Gasteiger partial charge in [-0.05, 0) is 59.7 Å². The zero-order chi connectivity index (χ0) is 35.3. The molecule has 0 saturated carbocycles. The van der Waals surface area contributed by atoms with Gasteiger partial charge in [0.1, 0.15) is 5.82 Å². The van der Waals surface area contributed by atoms with Gasteiger partial charge in [0.25, 0.3) is 0 Å². The lowest BCUT2D eigenvalue weighted by atomic mass is 10.0. The molecule has 0 N–H and O–H groups in total. The molecule has 0 aliphatic rings. The Morgan fingerprint density at radius 1 is 0.321 bits per heavy atom. The summed E-state index contributed by atoms with van der Waals surface area (Å²) in [6, 6.07) is 42.9. The molecular weight excluding hydrogens is 658 g/mol. The topological polar surface area (TPSA) is 90.2 Å². The quantitative estimate of drug-likeness (QED) is 0.167. The van der Waals surface area contributed by atoms with Crippen LogP contribution < -0.4 is 0 Å².